The van der Waals surface area contributed by atoms with E-state index in [2.05, 4.69) is 47.1 Å². The normalized spacial score (nSPS) is 11.9. The highest BCUT2D eigenvalue weighted by atomic mass is 79.9. The maximum atomic E-state index is 12.1. The van der Waals surface area contributed by atoms with Crippen LogP contribution >= 0.6 is 15.9 Å². The van der Waals surface area contributed by atoms with Gasteiger partial charge in [-0.1, -0.05) is 38.1 Å². The highest BCUT2D eigenvalue weighted by Crippen LogP contribution is 2.37. The Morgan fingerprint density at radius 3 is 2.50 bits per heavy atom. The zero-order chi connectivity index (χ0) is 19.1. The molecule has 0 radical (unpaired) electrons. The van der Waals surface area contributed by atoms with Gasteiger partial charge in [0.05, 0.1) is 18.7 Å². The molecule has 0 saturated heterocycles. The summed E-state index contributed by atoms with van der Waals surface area (Å²) in [5.41, 5.74) is 3.37. The second kappa shape index (κ2) is 9.77. The molecule has 1 atom stereocenters. The molecule has 1 unspecified atom stereocenters. The number of ether oxygens (including phenoxy) is 2. The average molecular weight is 419 g/mol. The van der Waals surface area contributed by atoms with Crippen molar-refractivity contribution in [3.63, 3.8) is 0 Å². The largest absolute Gasteiger partial charge is 0.496 e. The standard InChI is InChI=1S/C22H27BrO3/c1-5-15(2)20(24)11-9-16-7-6-8-17(13-16)14-18-21(25-3)12-10-19(23)22(18)26-4/h6-8,10,12-13,15H,5,9,11,14H2,1-4H3. The maximum Gasteiger partial charge on any atom is 0.140 e. The Kier molecular flexibility index (Phi) is 7.70. The highest BCUT2D eigenvalue weighted by Gasteiger charge is 2.15. The van der Waals surface area contributed by atoms with Crippen molar-refractivity contribution in [3.8, 4) is 11.5 Å². The van der Waals surface area contributed by atoms with Gasteiger partial charge in [-0.15, -0.1) is 0 Å². The Morgan fingerprint density at radius 2 is 1.85 bits per heavy atom. The molecule has 0 saturated carbocycles. The second-order valence-corrected chi connectivity index (χ2v) is 7.39. The van der Waals surface area contributed by atoms with Gasteiger partial charge in [-0.2, -0.15) is 0 Å². The van der Waals surface area contributed by atoms with Crippen molar-refractivity contribution in [3.05, 3.63) is 57.6 Å². The molecule has 2 aromatic carbocycles. The van der Waals surface area contributed by atoms with Gasteiger partial charge >= 0.3 is 0 Å². The third-order valence-corrected chi connectivity index (χ3v) is 5.41. The molecule has 4 heteroatoms. The molecule has 0 aliphatic carbocycles. The van der Waals surface area contributed by atoms with E-state index >= 15 is 0 Å². The van der Waals surface area contributed by atoms with Gasteiger partial charge in [0.1, 0.15) is 17.3 Å². The van der Waals surface area contributed by atoms with Crippen LogP contribution in [0.1, 0.15) is 43.4 Å². The van der Waals surface area contributed by atoms with E-state index in [9.17, 15) is 4.79 Å². The molecule has 0 heterocycles. The number of hydrogen-bond donors (Lipinski definition) is 0. The molecule has 0 N–H and O–H groups in total. The van der Waals surface area contributed by atoms with Gasteiger partial charge in [0, 0.05) is 24.3 Å². The Bertz CT molecular complexity index is 755. The van der Waals surface area contributed by atoms with Crippen molar-refractivity contribution in [2.24, 2.45) is 5.92 Å². The quantitative estimate of drug-likeness (QED) is 0.531. The first-order valence-corrected chi connectivity index (χ1v) is 9.79. The number of carbonyl (C=O) groups excluding carboxylic acids is 1. The van der Waals surface area contributed by atoms with Crippen molar-refractivity contribution >= 4 is 21.7 Å². The van der Waals surface area contributed by atoms with E-state index in [4.69, 9.17) is 9.47 Å². The smallest absolute Gasteiger partial charge is 0.140 e. The molecule has 0 fully saturated rings. The van der Waals surface area contributed by atoms with E-state index in [1.54, 1.807) is 14.2 Å². The van der Waals surface area contributed by atoms with Crippen LogP contribution in [-0.4, -0.2) is 20.0 Å². The van der Waals surface area contributed by atoms with E-state index in [0.29, 0.717) is 18.6 Å². The number of ketones is 1. The lowest BCUT2D eigenvalue weighted by Gasteiger charge is -2.15. The summed E-state index contributed by atoms with van der Waals surface area (Å²) in [6.45, 7) is 4.06. The Balaban J connectivity index is 2.19. The van der Waals surface area contributed by atoms with E-state index < -0.39 is 0 Å². The Hall–Kier alpha value is -1.81. The minimum Gasteiger partial charge on any atom is -0.496 e. The van der Waals surface area contributed by atoms with E-state index in [0.717, 1.165) is 34.4 Å². The molecular weight excluding hydrogens is 392 g/mol. The zero-order valence-electron chi connectivity index (χ0n) is 16.0. The first-order chi connectivity index (χ1) is 12.5. The van der Waals surface area contributed by atoms with Gasteiger partial charge < -0.3 is 9.47 Å². The Labute approximate surface area is 164 Å². The van der Waals surface area contributed by atoms with Gasteiger partial charge in [0.25, 0.3) is 0 Å². The van der Waals surface area contributed by atoms with Crippen LogP contribution in [0.2, 0.25) is 0 Å². The van der Waals surface area contributed by atoms with E-state index in [-0.39, 0.29) is 5.92 Å². The van der Waals surface area contributed by atoms with Crippen LogP contribution in [0.3, 0.4) is 0 Å². The molecule has 140 valence electrons. The number of benzene rings is 2. The minimum absolute atomic E-state index is 0.147. The molecule has 0 bridgehead atoms. The monoisotopic (exact) mass is 418 g/mol. The van der Waals surface area contributed by atoms with E-state index in [1.165, 1.54) is 11.1 Å². The van der Waals surface area contributed by atoms with Crippen molar-refractivity contribution < 1.29 is 14.3 Å². The number of aryl methyl sites for hydroxylation is 1. The summed E-state index contributed by atoms with van der Waals surface area (Å²) in [4.78, 5) is 12.1. The fourth-order valence-electron chi connectivity index (χ4n) is 3.00. The Morgan fingerprint density at radius 1 is 1.12 bits per heavy atom. The van der Waals surface area contributed by atoms with Crippen LogP contribution in [0.5, 0.6) is 11.5 Å². The lowest BCUT2D eigenvalue weighted by molar-refractivity contribution is -0.122. The predicted molar refractivity (Wildman–Crippen MR) is 109 cm³/mol. The summed E-state index contributed by atoms with van der Waals surface area (Å²) in [5, 5.41) is 0. The minimum atomic E-state index is 0.147. The van der Waals surface area contributed by atoms with Crippen LogP contribution in [-0.2, 0) is 17.6 Å². The molecule has 0 amide bonds. The fourth-order valence-corrected chi connectivity index (χ4v) is 3.53. The van der Waals surface area contributed by atoms with E-state index in [1.807, 2.05) is 19.1 Å². The second-order valence-electron chi connectivity index (χ2n) is 6.53. The van der Waals surface area contributed by atoms with Gasteiger partial charge in [0.2, 0.25) is 0 Å². The van der Waals surface area contributed by atoms with Crippen LogP contribution in [0.15, 0.2) is 40.9 Å². The van der Waals surface area contributed by atoms with Gasteiger partial charge in [0.15, 0.2) is 0 Å². The maximum absolute atomic E-state index is 12.1. The predicted octanol–water partition coefficient (Wildman–Crippen LogP) is 5.60. The van der Waals surface area contributed by atoms with Crippen molar-refractivity contribution in [1.82, 2.24) is 0 Å². The molecule has 0 aliphatic rings. The molecule has 2 aromatic rings. The number of Topliss-reactive ketones (excluding diaryl/α,β-unsaturated/α-hetero) is 1. The summed E-state index contributed by atoms with van der Waals surface area (Å²) in [5.74, 6) is 2.09. The van der Waals surface area contributed by atoms with Crippen molar-refractivity contribution in [2.75, 3.05) is 14.2 Å². The van der Waals surface area contributed by atoms with Crippen molar-refractivity contribution in [2.45, 2.75) is 39.5 Å². The summed E-state index contributed by atoms with van der Waals surface area (Å²) < 4.78 is 12.0. The summed E-state index contributed by atoms with van der Waals surface area (Å²) in [6.07, 6.45) is 2.99. The molecule has 0 aliphatic heterocycles. The van der Waals surface area contributed by atoms with Gasteiger partial charge in [-0.3, -0.25) is 4.79 Å². The van der Waals surface area contributed by atoms with Crippen LogP contribution in [0, 0.1) is 5.92 Å². The number of hydrogen-bond acceptors (Lipinski definition) is 3. The average Bonchev–Trinajstić information content (AvgIpc) is 2.66. The molecular formula is C22H27BrO3. The summed E-state index contributed by atoms with van der Waals surface area (Å²) >= 11 is 3.54. The van der Waals surface area contributed by atoms with Crippen LogP contribution < -0.4 is 9.47 Å². The molecule has 0 aromatic heterocycles. The summed E-state index contributed by atoms with van der Waals surface area (Å²) in [7, 11) is 3.34. The molecule has 26 heavy (non-hydrogen) atoms. The third-order valence-electron chi connectivity index (χ3n) is 4.79. The van der Waals surface area contributed by atoms with Gasteiger partial charge in [-0.05, 0) is 52.0 Å². The third kappa shape index (κ3) is 5.10. The first kappa shape index (κ1) is 20.5. The van der Waals surface area contributed by atoms with Crippen LogP contribution in [0.25, 0.3) is 0 Å². The number of carbonyl (C=O) groups is 1. The lowest BCUT2D eigenvalue weighted by Crippen LogP contribution is -2.10. The first-order valence-electron chi connectivity index (χ1n) is 9.00. The highest BCUT2D eigenvalue weighted by molar-refractivity contribution is 9.10. The molecule has 3 nitrogen and oxygen atoms in total. The lowest BCUT2D eigenvalue weighted by atomic mass is 9.96. The molecule has 2 rings (SSSR count). The van der Waals surface area contributed by atoms with Gasteiger partial charge in [-0.25, -0.2) is 0 Å². The topological polar surface area (TPSA) is 35.5 Å². The summed E-state index contributed by atoms with van der Waals surface area (Å²) in [6, 6.07) is 12.3. The number of rotatable bonds is 9. The number of halogens is 1. The molecule has 0 spiro atoms. The van der Waals surface area contributed by atoms with Crippen LogP contribution in [0.4, 0.5) is 0 Å². The van der Waals surface area contributed by atoms with Crippen molar-refractivity contribution in [1.29, 1.82) is 0 Å². The fraction of sp³-hybridized carbons (Fsp3) is 0.409. The number of methoxy groups -OCH3 is 2. The SMILES string of the molecule is CCC(C)C(=O)CCc1cccc(Cc2c(OC)ccc(Br)c2OC)c1. The zero-order valence-corrected chi connectivity index (χ0v) is 17.6.